The van der Waals surface area contributed by atoms with Crippen molar-refractivity contribution < 1.29 is 14.6 Å². The Balaban J connectivity index is 2.31. The Hall–Kier alpha value is -1.79. The van der Waals surface area contributed by atoms with Gasteiger partial charge in [-0.15, -0.1) is 0 Å². The van der Waals surface area contributed by atoms with Gasteiger partial charge in [-0.05, 0) is 17.7 Å². The Morgan fingerprint density at radius 1 is 1.58 bits per heavy atom. The quantitative estimate of drug-likeness (QED) is 0.877. The van der Waals surface area contributed by atoms with E-state index in [0.717, 1.165) is 0 Å². The summed E-state index contributed by atoms with van der Waals surface area (Å²) in [5.74, 6) is 0.191. The van der Waals surface area contributed by atoms with E-state index in [4.69, 9.17) is 22.1 Å². The Bertz CT molecular complexity index is 533. The molecular formula is C12H14ClN3O3. The van der Waals surface area contributed by atoms with Crippen LogP contribution in [0.15, 0.2) is 23.2 Å². The third-order valence-electron chi connectivity index (χ3n) is 2.89. The summed E-state index contributed by atoms with van der Waals surface area (Å²) >= 11 is 5.87. The SMILES string of the molecule is COCCN1C(=O)N=C(N)C1c1ccc(O)c(Cl)c1. The summed E-state index contributed by atoms with van der Waals surface area (Å²) < 4.78 is 4.96. The summed E-state index contributed by atoms with van der Waals surface area (Å²) in [5.41, 5.74) is 6.49. The zero-order valence-corrected chi connectivity index (χ0v) is 11.1. The van der Waals surface area contributed by atoms with Crippen molar-refractivity contribution in [2.45, 2.75) is 6.04 Å². The highest BCUT2D eigenvalue weighted by atomic mass is 35.5. The van der Waals surface area contributed by atoms with Gasteiger partial charge >= 0.3 is 6.03 Å². The van der Waals surface area contributed by atoms with Crippen LogP contribution in [0.2, 0.25) is 5.02 Å². The first-order valence-electron chi connectivity index (χ1n) is 5.66. The van der Waals surface area contributed by atoms with Gasteiger partial charge < -0.3 is 20.5 Å². The number of aliphatic imine (C=N–C) groups is 1. The number of methoxy groups -OCH3 is 1. The zero-order valence-electron chi connectivity index (χ0n) is 10.3. The molecule has 1 aliphatic heterocycles. The molecule has 0 radical (unpaired) electrons. The van der Waals surface area contributed by atoms with Crippen molar-refractivity contribution in [3.8, 4) is 5.75 Å². The van der Waals surface area contributed by atoms with Crippen molar-refractivity contribution in [3.63, 3.8) is 0 Å². The molecule has 0 bridgehead atoms. The lowest BCUT2D eigenvalue weighted by molar-refractivity contribution is 0.150. The first kappa shape index (κ1) is 13.6. The number of phenols is 1. The van der Waals surface area contributed by atoms with Gasteiger partial charge in [-0.1, -0.05) is 17.7 Å². The fourth-order valence-electron chi connectivity index (χ4n) is 1.96. The summed E-state index contributed by atoms with van der Waals surface area (Å²) in [4.78, 5) is 17.0. The second-order valence-corrected chi connectivity index (χ2v) is 4.53. The third-order valence-corrected chi connectivity index (χ3v) is 3.19. The number of nitrogens with zero attached hydrogens (tertiary/aromatic N) is 2. The molecule has 0 fully saturated rings. The van der Waals surface area contributed by atoms with Crippen LogP contribution in [0.25, 0.3) is 0 Å². The predicted octanol–water partition coefficient (Wildman–Crippen LogP) is 1.53. The number of amides is 2. The molecule has 1 heterocycles. The van der Waals surface area contributed by atoms with Gasteiger partial charge in [0.1, 0.15) is 17.6 Å². The minimum Gasteiger partial charge on any atom is -0.506 e. The van der Waals surface area contributed by atoms with E-state index >= 15 is 0 Å². The second-order valence-electron chi connectivity index (χ2n) is 4.12. The average Bonchev–Trinajstić information content (AvgIpc) is 2.65. The van der Waals surface area contributed by atoms with Crippen molar-refractivity contribution >= 4 is 23.5 Å². The molecule has 0 aliphatic carbocycles. The van der Waals surface area contributed by atoms with E-state index in [-0.39, 0.29) is 16.6 Å². The minimum absolute atomic E-state index is 0.0197. The van der Waals surface area contributed by atoms with E-state index in [2.05, 4.69) is 4.99 Å². The van der Waals surface area contributed by atoms with E-state index in [0.29, 0.717) is 18.7 Å². The van der Waals surface area contributed by atoms with E-state index < -0.39 is 12.1 Å². The maximum atomic E-state index is 11.7. The molecule has 6 nitrogen and oxygen atoms in total. The Kier molecular flexibility index (Phi) is 3.92. The number of hydrogen-bond acceptors (Lipinski definition) is 4. The molecule has 7 heteroatoms. The first-order valence-corrected chi connectivity index (χ1v) is 6.04. The van der Waals surface area contributed by atoms with Crippen LogP contribution in [0.1, 0.15) is 11.6 Å². The second kappa shape index (κ2) is 5.46. The minimum atomic E-state index is -0.472. The summed E-state index contributed by atoms with van der Waals surface area (Å²) in [6, 6.07) is 3.82. The number of carbonyl (C=O) groups is 1. The molecule has 1 aromatic carbocycles. The van der Waals surface area contributed by atoms with Crippen LogP contribution in [0.5, 0.6) is 5.75 Å². The molecule has 3 N–H and O–H groups in total. The molecule has 1 atom stereocenters. The normalized spacial score (nSPS) is 18.8. The molecule has 1 aromatic rings. The average molecular weight is 284 g/mol. The molecular weight excluding hydrogens is 270 g/mol. The first-order chi connectivity index (χ1) is 9.04. The summed E-state index contributed by atoms with van der Waals surface area (Å²) in [7, 11) is 1.55. The fourth-order valence-corrected chi connectivity index (χ4v) is 2.15. The van der Waals surface area contributed by atoms with Gasteiger partial charge in [0.25, 0.3) is 0 Å². The standard InChI is InChI=1S/C12H14ClN3O3/c1-19-5-4-16-10(11(14)15-12(16)18)7-2-3-9(17)8(13)6-7/h2-3,6,10,17H,4-5H2,1H3,(H2,14,15,18). The maximum absolute atomic E-state index is 11.7. The molecule has 0 spiro atoms. The molecule has 0 aromatic heterocycles. The molecule has 102 valence electrons. The van der Waals surface area contributed by atoms with Crippen molar-refractivity contribution in [2.75, 3.05) is 20.3 Å². The Morgan fingerprint density at radius 3 is 2.95 bits per heavy atom. The number of phenolic OH excluding ortho intramolecular Hbond substituents is 1. The number of amidine groups is 1. The molecule has 2 rings (SSSR count). The van der Waals surface area contributed by atoms with Gasteiger partial charge in [0.05, 0.1) is 11.6 Å². The van der Waals surface area contributed by atoms with Gasteiger partial charge in [-0.2, -0.15) is 4.99 Å². The van der Waals surface area contributed by atoms with Crippen LogP contribution < -0.4 is 5.73 Å². The third kappa shape index (κ3) is 2.64. The van der Waals surface area contributed by atoms with Crippen LogP contribution in [0.3, 0.4) is 0 Å². The molecule has 0 saturated carbocycles. The van der Waals surface area contributed by atoms with E-state index in [1.807, 2.05) is 0 Å². The van der Waals surface area contributed by atoms with E-state index in [1.54, 1.807) is 19.2 Å². The number of halogens is 1. The van der Waals surface area contributed by atoms with Crippen molar-refractivity contribution in [1.29, 1.82) is 0 Å². The number of hydrogen-bond donors (Lipinski definition) is 2. The van der Waals surface area contributed by atoms with Crippen LogP contribution in [0.4, 0.5) is 4.79 Å². The van der Waals surface area contributed by atoms with Gasteiger partial charge in [0.2, 0.25) is 0 Å². The van der Waals surface area contributed by atoms with Gasteiger partial charge in [0, 0.05) is 13.7 Å². The van der Waals surface area contributed by atoms with Crippen LogP contribution >= 0.6 is 11.6 Å². The number of aromatic hydroxyl groups is 1. The largest absolute Gasteiger partial charge is 0.506 e. The number of benzene rings is 1. The molecule has 2 amide bonds. The number of nitrogens with two attached hydrogens (primary N) is 1. The summed E-state index contributed by atoms with van der Waals surface area (Å²) in [5, 5.41) is 9.62. The lowest BCUT2D eigenvalue weighted by Crippen LogP contribution is -2.35. The zero-order chi connectivity index (χ0) is 14.0. The topological polar surface area (TPSA) is 88.2 Å². The highest BCUT2D eigenvalue weighted by molar-refractivity contribution is 6.32. The number of carbonyl (C=O) groups excluding carboxylic acids is 1. The number of ether oxygens (including phenoxy) is 1. The Morgan fingerprint density at radius 2 is 2.32 bits per heavy atom. The van der Waals surface area contributed by atoms with Crippen LogP contribution in [-0.2, 0) is 4.74 Å². The van der Waals surface area contributed by atoms with Crippen molar-refractivity contribution in [2.24, 2.45) is 10.7 Å². The highest BCUT2D eigenvalue weighted by Gasteiger charge is 2.34. The predicted molar refractivity (Wildman–Crippen MR) is 71.5 cm³/mol. The van der Waals surface area contributed by atoms with Crippen molar-refractivity contribution in [1.82, 2.24) is 4.90 Å². The maximum Gasteiger partial charge on any atom is 0.346 e. The molecule has 0 saturated heterocycles. The number of urea groups is 1. The Labute approximate surface area is 115 Å². The van der Waals surface area contributed by atoms with Crippen LogP contribution in [0, 0.1) is 0 Å². The van der Waals surface area contributed by atoms with Gasteiger partial charge in [-0.3, -0.25) is 0 Å². The monoisotopic (exact) mass is 283 g/mol. The number of rotatable bonds is 4. The lowest BCUT2D eigenvalue weighted by atomic mass is 10.1. The fraction of sp³-hybridized carbons (Fsp3) is 0.333. The van der Waals surface area contributed by atoms with Crippen LogP contribution in [-0.4, -0.2) is 42.1 Å². The highest BCUT2D eigenvalue weighted by Crippen LogP contribution is 2.31. The summed E-state index contributed by atoms with van der Waals surface area (Å²) in [6.45, 7) is 0.763. The van der Waals surface area contributed by atoms with Gasteiger partial charge in [-0.25, -0.2) is 4.79 Å². The lowest BCUT2D eigenvalue weighted by Gasteiger charge is -2.24. The molecule has 1 aliphatic rings. The smallest absolute Gasteiger partial charge is 0.346 e. The van der Waals surface area contributed by atoms with E-state index in [9.17, 15) is 9.90 Å². The summed E-state index contributed by atoms with van der Waals surface area (Å²) in [6.07, 6.45) is 0. The van der Waals surface area contributed by atoms with Gasteiger partial charge in [0.15, 0.2) is 0 Å². The van der Waals surface area contributed by atoms with Crippen molar-refractivity contribution in [3.05, 3.63) is 28.8 Å². The van der Waals surface area contributed by atoms with E-state index in [1.165, 1.54) is 11.0 Å². The molecule has 19 heavy (non-hydrogen) atoms. The molecule has 1 unspecified atom stereocenters.